The largest absolute Gasteiger partial charge is 0.311 e. The van der Waals surface area contributed by atoms with E-state index in [1.165, 1.54) is 6.92 Å². The summed E-state index contributed by atoms with van der Waals surface area (Å²) in [5, 5.41) is 3.68. The van der Waals surface area contributed by atoms with Crippen LogP contribution in [0.3, 0.4) is 0 Å². The summed E-state index contributed by atoms with van der Waals surface area (Å²) >= 11 is 0. The molecule has 0 bridgehead atoms. The van der Waals surface area contributed by atoms with Crippen LogP contribution < -0.4 is 5.32 Å². The first-order valence-corrected chi connectivity index (χ1v) is 9.74. The number of anilines is 1. The zero-order valence-corrected chi connectivity index (χ0v) is 16.8. The number of hydrogen-bond acceptors (Lipinski definition) is 4. The Kier molecular flexibility index (Phi) is 5.05. The zero-order valence-electron chi connectivity index (χ0n) is 16.8. The number of rotatable bonds is 5. The molecule has 6 nitrogen and oxygen atoms in total. The van der Waals surface area contributed by atoms with Gasteiger partial charge in [-0.05, 0) is 30.4 Å². The molecule has 1 unspecified atom stereocenters. The second-order valence-electron chi connectivity index (χ2n) is 7.31. The van der Waals surface area contributed by atoms with E-state index in [4.69, 9.17) is 7.85 Å². The molecule has 29 heavy (non-hydrogen) atoms. The van der Waals surface area contributed by atoms with Crippen molar-refractivity contribution in [2.45, 2.75) is 39.4 Å². The summed E-state index contributed by atoms with van der Waals surface area (Å²) in [6.45, 7) is 5.66. The number of aromatic nitrogens is 4. The van der Waals surface area contributed by atoms with Crippen LogP contribution in [0.2, 0.25) is 0 Å². The summed E-state index contributed by atoms with van der Waals surface area (Å²) in [6.07, 6.45) is 9.26. The van der Waals surface area contributed by atoms with E-state index in [1.807, 2.05) is 22.9 Å². The molecule has 4 aromatic heterocycles. The second kappa shape index (κ2) is 7.66. The molecule has 4 heterocycles. The number of pyridine rings is 3. The van der Waals surface area contributed by atoms with E-state index < -0.39 is 0 Å². The third-order valence-corrected chi connectivity index (χ3v) is 5.06. The van der Waals surface area contributed by atoms with Gasteiger partial charge in [0.25, 0.3) is 0 Å². The molecule has 2 radical (unpaired) electrons. The topological polar surface area (TPSA) is 72.2 Å². The monoisotopic (exact) mass is 383 g/mol. The summed E-state index contributed by atoms with van der Waals surface area (Å²) in [5.41, 5.74) is 5.77. The molecule has 4 aromatic rings. The van der Waals surface area contributed by atoms with Crippen LogP contribution in [0.15, 0.2) is 43.0 Å². The molecule has 0 aromatic carbocycles. The molecule has 0 saturated carbocycles. The third-order valence-electron chi connectivity index (χ3n) is 5.06. The lowest BCUT2D eigenvalue weighted by Crippen LogP contribution is -2.07. The normalized spacial score (nSPS) is 12.4. The maximum absolute atomic E-state index is 11.4. The molecule has 1 amide bonds. The highest BCUT2D eigenvalue weighted by Crippen LogP contribution is 2.32. The van der Waals surface area contributed by atoms with E-state index in [1.54, 1.807) is 12.4 Å². The first kappa shape index (κ1) is 19.1. The molecule has 4 rings (SSSR count). The van der Waals surface area contributed by atoms with Gasteiger partial charge in [-0.1, -0.05) is 19.8 Å². The molecule has 0 fully saturated rings. The van der Waals surface area contributed by atoms with Crippen molar-refractivity contribution >= 4 is 36.1 Å². The predicted molar refractivity (Wildman–Crippen MR) is 116 cm³/mol. The molecule has 0 aliphatic rings. The molecule has 0 saturated heterocycles. The van der Waals surface area contributed by atoms with Crippen molar-refractivity contribution in [1.82, 2.24) is 19.4 Å². The Labute approximate surface area is 170 Å². The fourth-order valence-corrected chi connectivity index (χ4v) is 3.66. The van der Waals surface area contributed by atoms with Crippen LogP contribution in [-0.2, 0) is 4.79 Å². The standard InChI is InChI=1S/C22H22BN5O/c1-4-5-18(23)19-8-13(2)17(12-25-19)16-9-15-11-26-21(27-14(3)29)10-20(15)28-7-6-24-22(16)28/h6-12,18H,4-5H2,1-3H3,(H,26,27,29). The number of nitrogens with one attached hydrogen (secondary N) is 1. The molecule has 1 N–H and O–H groups in total. The van der Waals surface area contributed by atoms with Gasteiger partial charge in [-0.2, -0.15) is 0 Å². The second-order valence-corrected chi connectivity index (χ2v) is 7.31. The fraction of sp³-hybridized carbons (Fsp3) is 0.273. The number of carbonyl (C=O) groups is 1. The van der Waals surface area contributed by atoms with Crippen molar-refractivity contribution in [3.05, 3.63) is 54.2 Å². The summed E-state index contributed by atoms with van der Waals surface area (Å²) in [5.74, 6) is 0.311. The fourth-order valence-electron chi connectivity index (χ4n) is 3.66. The third kappa shape index (κ3) is 3.60. The summed E-state index contributed by atoms with van der Waals surface area (Å²) < 4.78 is 2.01. The van der Waals surface area contributed by atoms with Gasteiger partial charge >= 0.3 is 0 Å². The number of imidazole rings is 1. The summed E-state index contributed by atoms with van der Waals surface area (Å²) in [7, 11) is 6.24. The quantitative estimate of drug-likeness (QED) is 0.524. The van der Waals surface area contributed by atoms with Crippen LogP contribution in [0, 0.1) is 6.92 Å². The highest BCUT2D eigenvalue weighted by Gasteiger charge is 2.15. The van der Waals surface area contributed by atoms with Crippen molar-refractivity contribution in [2.24, 2.45) is 0 Å². The highest BCUT2D eigenvalue weighted by molar-refractivity contribution is 6.12. The van der Waals surface area contributed by atoms with Crippen molar-refractivity contribution in [2.75, 3.05) is 5.32 Å². The number of nitrogens with zero attached hydrogens (tertiary/aromatic N) is 4. The molecular formula is C22H22BN5O. The van der Waals surface area contributed by atoms with Gasteiger partial charge in [0.1, 0.15) is 11.5 Å². The zero-order chi connectivity index (χ0) is 20.5. The van der Waals surface area contributed by atoms with Crippen LogP contribution >= 0.6 is 0 Å². The van der Waals surface area contributed by atoms with Crippen molar-refractivity contribution in [3.63, 3.8) is 0 Å². The lowest BCUT2D eigenvalue weighted by molar-refractivity contribution is -0.114. The minimum atomic E-state index is -0.154. The lowest BCUT2D eigenvalue weighted by atomic mass is 9.80. The molecular weight excluding hydrogens is 361 g/mol. The van der Waals surface area contributed by atoms with E-state index in [-0.39, 0.29) is 11.7 Å². The number of fused-ring (bicyclic) bond motifs is 3. The van der Waals surface area contributed by atoms with Gasteiger partial charge in [0.2, 0.25) is 5.91 Å². The van der Waals surface area contributed by atoms with Gasteiger partial charge < -0.3 is 5.32 Å². The molecule has 7 heteroatoms. The average Bonchev–Trinajstić information content (AvgIpc) is 3.17. The van der Waals surface area contributed by atoms with Crippen LogP contribution in [0.4, 0.5) is 5.82 Å². The van der Waals surface area contributed by atoms with E-state index in [0.29, 0.717) is 5.82 Å². The Bertz CT molecular complexity index is 1220. The number of aryl methyl sites for hydroxylation is 1. The van der Waals surface area contributed by atoms with E-state index in [0.717, 1.165) is 51.8 Å². The van der Waals surface area contributed by atoms with E-state index in [2.05, 4.69) is 46.2 Å². The Morgan fingerprint density at radius 2 is 2.00 bits per heavy atom. The summed E-state index contributed by atoms with van der Waals surface area (Å²) in [6, 6.07) is 5.99. The van der Waals surface area contributed by atoms with Crippen LogP contribution in [0.25, 0.3) is 27.7 Å². The van der Waals surface area contributed by atoms with Gasteiger partial charge in [0.15, 0.2) is 0 Å². The van der Waals surface area contributed by atoms with E-state index in [9.17, 15) is 4.79 Å². The Morgan fingerprint density at radius 3 is 2.72 bits per heavy atom. The number of amides is 1. The minimum Gasteiger partial charge on any atom is -0.311 e. The molecule has 0 aliphatic heterocycles. The SMILES string of the molecule is [B]C(CCC)c1cc(C)c(-c2cc3cnc(NC(C)=O)cc3n3ccnc23)cn1. The van der Waals surface area contributed by atoms with Crippen LogP contribution in [0.5, 0.6) is 0 Å². The van der Waals surface area contributed by atoms with Crippen LogP contribution in [-0.4, -0.2) is 33.1 Å². The van der Waals surface area contributed by atoms with Gasteiger partial charge in [0.05, 0.1) is 13.4 Å². The average molecular weight is 383 g/mol. The number of carbonyl (C=O) groups excluding carboxylic acids is 1. The first-order chi connectivity index (χ1) is 14.0. The van der Waals surface area contributed by atoms with Crippen LogP contribution in [0.1, 0.15) is 43.8 Å². The van der Waals surface area contributed by atoms with E-state index >= 15 is 0 Å². The maximum atomic E-state index is 11.4. The number of hydrogen-bond donors (Lipinski definition) is 1. The highest BCUT2D eigenvalue weighted by atomic mass is 16.1. The van der Waals surface area contributed by atoms with Gasteiger partial charge in [0, 0.05) is 60.0 Å². The smallest absolute Gasteiger partial charge is 0.222 e. The first-order valence-electron chi connectivity index (χ1n) is 9.74. The molecule has 144 valence electrons. The molecule has 0 aliphatic carbocycles. The predicted octanol–water partition coefficient (Wildman–Crippen LogP) is 4.22. The van der Waals surface area contributed by atoms with Crippen molar-refractivity contribution in [1.29, 1.82) is 0 Å². The maximum Gasteiger partial charge on any atom is 0.222 e. The Hall–Kier alpha value is -3.22. The van der Waals surface area contributed by atoms with Crippen molar-refractivity contribution < 1.29 is 4.79 Å². The van der Waals surface area contributed by atoms with Gasteiger partial charge in [-0.15, -0.1) is 0 Å². The van der Waals surface area contributed by atoms with Crippen molar-refractivity contribution in [3.8, 4) is 11.1 Å². The Morgan fingerprint density at radius 1 is 1.17 bits per heavy atom. The molecule has 1 atom stereocenters. The molecule has 0 spiro atoms. The summed E-state index contributed by atoms with van der Waals surface area (Å²) in [4.78, 5) is 24.9. The van der Waals surface area contributed by atoms with Gasteiger partial charge in [-0.25, -0.2) is 9.97 Å². The lowest BCUT2D eigenvalue weighted by Gasteiger charge is -2.15. The Balaban J connectivity index is 1.86. The van der Waals surface area contributed by atoms with Gasteiger partial charge in [-0.3, -0.25) is 14.2 Å². The minimum absolute atomic E-state index is 0.0489.